The molecule has 13 heavy (non-hydrogen) atoms. The highest BCUT2D eigenvalue weighted by molar-refractivity contribution is 6.80. The first-order chi connectivity index (χ1) is 5.92. The van der Waals surface area contributed by atoms with E-state index in [0.29, 0.717) is 0 Å². The lowest BCUT2D eigenvalue weighted by molar-refractivity contribution is 0.540. The highest BCUT2D eigenvalue weighted by Crippen LogP contribution is 2.09. The molecule has 0 radical (unpaired) electrons. The van der Waals surface area contributed by atoms with Crippen molar-refractivity contribution in [3.05, 3.63) is 11.8 Å². The quantitative estimate of drug-likeness (QED) is 0.431. The first kappa shape index (κ1) is 13.0. The van der Waals surface area contributed by atoms with E-state index in [2.05, 4.69) is 45.3 Å². The van der Waals surface area contributed by atoms with Crippen LogP contribution in [0.2, 0.25) is 19.6 Å². The lowest BCUT2D eigenvalue weighted by atomic mass is 10.1. The fourth-order valence-corrected chi connectivity index (χ4v) is 2.13. The monoisotopic (exact) mass is 198 g/mol. The normalized spacial score (nSPS) is 13.1. The predicted molar refractivity (Wildman–Crippen MR) is 65.8 cm³/mol. The van der Waals surface area contributed by atoms with E-state index in [1.54, 1.807) is 0 Å². The molecule has 0 aliphatic rings. The molecule has 0 rings (SSSR count). The molecule has 1 heteroatoms. The van der Waals surface area contributed by atoms with Crippen molar-refractivity contribution in [2.45, 2.75) is 59.2 Å². The maximum atomic E-state index is 2.46. The molecule has 0 saturated carbocycles. The Morgan fingerprint density at radius 3 is 2.15 bits per heavy atom. The zero-order valence-electron chi connectivity index (χ0n) is 10.1. The van der Waals surface area contributed by atoms with Gasteiger partial charge >= 0.3 is 0 Å². The van der Waals surface area contributed by atoms with Gasteiger partial charge in [0.05, 0.1) is 8.07 Å². The lowest BCUT2D eigenvalue weighted by Gasteiger charge is -2.08. The van der Waals surface area contributed by atoms with Gasteiger partial charge in [-0.25, -0.2) is 0 Å². The second kappa shape index (κ2) is 6.42. The van der Waals surface area contributed by atoms with Crippen molar-refractivity contribution in [2.75, 3.05) is 0 Å². The number of rotatable bonds is 6. The summed E-state index contributed by atoms with van der Waals surface area (Å²) in [6.45, 7) is 11.8. The highest BCUT2D eigenvalue weighted by atomic mass is 28.3. The van der Waals surface area contributed by atoms with E-state index in [0.717, 1.165) is 5.92 Å². The first-order valence-corrected chi connectivity index (χ1v) is 9.17. The average molecular weight is 198 g/mol. The van der Waals surface area contributed by atoms with Crippen LogP contribution in [-0.2, 0) is 0 Å². The molecule has 0 aliphatic carbocycles. The van der Waals surface area contributed by atoms with E-state index >= 15 is 0 Å². The first-order valence-electron chi connectivity index (χ1n) is 5.59. The molecule has 0 aromatic heterocycles. The largest absolute Gasteiger partial charge is 0.0989 e. The van der Waals surface area contributed by atoms with Crippen molar-refractivity contribution in [3.8, 4) is 0 Å². The number of hydrogen-bond donors (Lipinski definition) is 0. The summed E-state index contributed by atoms with van der Waals surface area (Å²) >= 11 is 0. The number of hydrogen-bond acceptors (Lipinski definition) is 0. The van der Waals surface area contributed by atoms with Gasteiger partial charge in [-0.15, -0.1) is 0 Å². The fourth-order valence-electron chi connectivity index (χ4n) is 1.25. The van der Waals surface area contributed by atoms with E-state index in [4.69, 9.17) is 0 Å². The Hall–Kier alpha value is -0.0431. The second-order valence-electron chi connectivity index (χ2n) is 5.45. The maximum Gasteiger partial charge on any atom is 0.0682 e. The molecule has 0 saturated heterocycles. The molecule has 0 amide bonds. The van der Waals surface area contributed by atoms with Crippen LogP contribution in [0.5, 0.6) is 0 Å². The van der Waals surface area contributed by atoms with Gasteiger partial charge in [0.2, 0.25) is 0 Å². The third kappa shape index (κ3) is 12.0. The van der Waals surface area contributed by atoms with Crippen LogP contribution in [0.4, 0.5) is 0 Å². The van der Waals surface area contributed by atoms with Crippen LogP contribution in [0.3, 0.4) is 0 Å². The van der Waals surface area contributed by atoms with Gasteiger partial charge in [0.15, 0.2) is 0 Å². The molecule has 0 heterocycles. The Labute approximate surface area is 85.4 Å². The van der Waals surface area contributed by atoms with Crippen molar-refractivity contribution < 1.29 is 0 Å². The standard InChI is InChI=1S/C12H26Si/c1-12(2)10-8-6-7-9-11-13(3,4)5/h9,11-12H,6-8,10H2,1-5H3/b11-9+. The Balaban J connectivity index is 3.31. The van der Waals surface area contributed by atoms with Gasteiger partial charge in [-0.2, -0.15) is 0 Å². The minimum Gasteiger partial charge on any atom is -0.0989 e. The summed E-state index contributed by atoms with van der Waals surface area (Å²) < 4.78 is 0. The molecular weight excluding hydrogens is 172 g/mol. The lowest BCUT2D eigenvalue weighted by Crippen LogP contribution is -2.15. The topological polar surface area (TPSA) is 0 Å². The molecule has 0 unspecified atom stereocenters. The second-order valence-corrected chi connectivity index (χ2v) is 10.5. The van der Waals surface area contributed by atoms with Crippen molar-refractivity contribution in [2.24, 2.45) is 5.92 Å². The fraction of sp³-hybridized carbons (Fsp3) is 0.833. The summed E-state index contributed by atoms with van der Waals surface area (Å²) in [7, 11) is -0.920. The van der Waals surface area contributed by atoms with Crippen LogP contribution in [-0.4, -0.2) is 8.07 Å². The van der Waals surface area contributed by atoms with Crippen LogP contribution in [0.15, 0.2) is 11.8 Å². The van der Waals surface area contributed by atoms with E-state index in [1.165, 1.54) is 25.7 Å². The molecular formula is C12H26Si. The SMILES string of the molecule is CC(C)CCCC/C=C/[Si](C)(C)C. The molecule has 0 fully saturated rings. The molecule has 0 N–H and O–H groups in total. The molecule has 0 bridgehead atoms. The van der Waals surface area contributed by atoms with Gasteiger partial charge in [0.25, 0.3) is 0 Å². The summed E-state index contributed by atoms with van der Waals surface area (Å²) in [6.07, 6.45) is 7.84. The molecule has 0 spiro atoms. The van der Waals surface area contributed by atoms with Crippen molar-refractivity contribution >= 4 is 8.07 Å². The van der Waals surface area contributed by atoms with E-state index in [1.807, 2.05) is 0 Å². The van der Waals surface area contributed by atoms with Gasteiger partial charge in [-0.1, -0.05) is 58.1 Å². The molecule has 0 aromatic rings. The van der Waals surface area contributed by atoms with Crippen LogP contribution < -0.4 is 0 Å². The van der Waals surface area contributed by atoms with Crippen molar-refractivity contribution in [1.29, 1.82) is 0 Å². The van der Waals surface area contributed by atoms with Gasteiger partial charge < -0.3 is 0 Å². The van der Waals surface area contributed by atoms with Crippen LogP contribution in [0.25, 0.3) is 0 Å². The third-order valence-electron chi connectivity index (χ3n) is 2.02. The van der Waals surface area contributed by atoms with Crippen LogP contribution >= 0.6 is 0 Å². The predicted octanol–water partition coefficient (Wildman–Crippen LogP) is 4.64. The molecule has 0 aromatic carbocycles. The number of unbranched alkanes of at least 4 members (excludes halogenated alkanes) is 2. The summed E-state index contributed by atoms with van der Waals surface area (Å²) in [5, 5.41) is 0. The zero-order valence-corrected chi connectivity index (χ0v) is 11.1. The minimum atomic E-state index is -0.920. The van der Waals surface area contributed by atoms with Gasteiger partial charge in [-0.3, -0.25) is 0 Å². The minimum absolute atomic E-state index is 0.876. The Morgan fingerprint density at radius 1 is 1.08 bits per heavy atom. The zero-order chi connectivity index (χ0) is 10.3. The van der Waals surface area contributed by atoms with E-state index in [9.17, 15) is 0 Å². The van der Waals surface area contributed by atoms with Crippen LogP contribution in [0.1, 0.15) is 39.5 Å². The van der Waals surface area contributed by atoms with Crippen molar-refractivity contribution in [3.63, 3.8) is 0 Å². The Morgan fingerprint density at radius 2 is 1.69 bits per heavy atom. The maximum absolute atomic E-state index is 2.46. The Kier molecular flexibility index (Phi) is 6.40. The summed E-state index contributed by atoms with van der Waals surface area (Å²) in [4.78, 5) is 0. The molecule has 0 nitrogen and oxygen atoms in total. The summed E-state index contributed by atoms with van der Waals surface area (Å²) in [5.74, 6) is 0.876. The van der Waals surface area contributed by atoms with E-state index in [-0.39, 0.29) is 0 Å². The third-order valence-corrected chi connectivity index (χ3v) is 3.26. The summed E-state index contributed by atoms with van der Waals surface area (Å²) in [5.41, 5.74) is 2.46. The smallest absolute Gasteiger partial charge is 0.0682 e. The van der Waals surface area contributed by atoms with E-state index < -0.39 is 8.07 Å². The molecule has 0 aliphatic heterocycles. The van der Waals surface area contributed by atoms with Gasteiger partial charge in [0.1, 0.15) is 0 Å². The number of allylic oxidation sites excluding steroid dienone is 1. The van der Waals surface area contributed by atoms with Crippen molar-refractivity contribution in [1.82, 2.24) is 0 Å². The van der Waals surface area contributed by atoms with Crippen LogP contribution in [0, 0.1) is 5.92 Å². The molecule has 0 atom stereocenters. The Bertz CT molecular complexity index is 140. The van der Waals surface area contributed by atoms with Gasteiger partial charge in [-0.05, 0) is 18.8 Å². The average Bonchev–Trinajstić information content (AvgIpc) is 1.93. The highest BCUT2D eigenvalue weighted by Gasteiger charge is 2.05. The van der Waals surface area contributed by atoms with Gasteiger partial charge in [0, 0.05) is 0 Å². The summed E-state index contributed by atoms with van der Waals surface area (Å²) in [6, 6.07) is 0. The molecule has 78 valence electrons.